The molecule has 0 aliphatic heterocycles. The average molecular weight is 144 g/mol. The van der Waals surface area contributed by atoms with Crippen LogP contribution in [0.25, 0.3) is 0 Å². The van der Waals surface area contributed by atoms with E-state index in [9.17, 15) is 0 Å². The lowest BCUT2D eigenvalue weighted by Gasteiger charge is -2.20. The van der Waals surface area contributed by atoms with Crippen molar-refractivity contribution in [2.75, 3.05) is 27.2 Å². The number of nitrogens with one attached hydrogen (secondary N) is 2. The summed E-state index contributed by atoms with van der Waals surface area (Å²) in [4.78, 5) is 2.12. The maximum Gasteiger partial charge on any atom is 0.0562 e. The van der Waals surface area contributed by atoms with Gasteiger partial charge in [-0.1, -0.05) is 0 Å². The summed E-state index contributed by atoms with van der Waals surface area (Å²) in [5.41, 5.74) is 6.90. The van der Waals surface area contributed by atoms with Crippen LogP contribution >= 0.6 is 0 Å². The van der Waals surface area contributed by atoms with Crippen LogP contribution in [0.15, 0.2) is 0 Å². The van der Waals surface area contributed by atoms with Gasteiger partial charge < -0.3 is 5.32 Å². The van der Waals surface area contributed by atoms with Gasteiger partial charge in [-0.15, -0.1) is 0 Å². The molecule has 0 aromatic carbocycles. The Morgan fingerprint density at radius 1 is 1.50 bits per heavy atom. The largest absolute Gasteiger partial charge is 0.302 e. The molecular formula is C7H18N3. The zero-order chi connectivity index (χ0) is 7.98. The van der Waals surface area contributed by atoms with E-state index in [0.29, 0.717) is 12.7 Å². The summed E-state index contributed by atoms with van der Waals surface area (Å²) >= 11 is 0. The van der Waals surface area contributed by atoms with Gasteiger partial charge in [-0.3, -0.25) is 10.6 Å². The molecule has 0 aliphatic rings. The zero-order valence-electron chi connectivity index (χ0n) is 7.15. The van der Waals surface area contributed by atoms with Gasteiger partial charge in [-0.2, -0.15) is 0 Å². The number of nitrogens with zero attached hydrogens (tertiary/aromatic N) is 1. The quantitative estimate of drug-likeness (QED) is 0.441. The van der Waals surface area contributed by atoms with Crippen LogP contribution in [-0.2, 0) is 0 Å². The minimum absolute atomic E-state index is 0.423. The summed E-state index contributed by atoms with van der Waals surface area (Å²) in [6, 6.07) is 0. The first kappa shape index (κ1) is 9.88. The van der Waals surface area contributed by atoms with Crippen LogP contribution in [0.1, 0.15) is 13.3 Å². The molecule has 1 radical (unpaired) electrons. The third-order valence-electron chi connectivity index (χ3n) is 1.57. The predicted molar refractivity (Wildman–Crippen MR) is 43.7 cm³/mol. The fourth-order valence-electron chi connectivity index (χ4n) is 0.582. The molecule has 0 rings (SSSR count). The van der Waals surface area contributed by atoms with E-state index in [1.807, 2.05) is 14.1 Å². The first-order valence-electron chi connectivity index (χ1n) is 3.73. The molecule has 0 aliphatic carbocycles. The Morgan fingerprint density at radius 2 is 2.10 bits per heavy atom. The van der Waals surface area contributed by atoms with Crippen LogP contribution in [0.3, 0.4) is 0 Å². The molecule has 3 heteroatoms. The maximum absolute atomic E-state index is 6.90. The lowest BCUT2D eigenvalue weighted by molar-refractivity contribution is 0.266. The molecule has 0 amide bonds. The molecule has 61 valence electrons. The van der Waals surface area contributed by atoms with Crippen LogP contribution in [0.4, 0.5) is 0 Å². The Morgan fingerprint density at radius 3 is 2.50 bits per heavy atom. The van der Waals surface area contributed by atoms with Crippen LogP contribution in [-0.4, -0.2) is 38.3 Å². The number of hydrogen-bond donors (Lipinski definition) is 1. The van der Waals surface area contributed by atoms with Crippen molar-refractivity contribution in [2.24, 2.45) is 0 Å². The minimum Gasteiger partial charge on any atom is -0.302 e. The smallest absolute Gasteiger partial charge is 0.0562 e. The Balaban J connectivity index is 3.13. The number of hydrogen-bond acceptors (Lipinski definition) is 2. The van der Waals surface area contributed by atoms with E-state index in [-0.39, 0.29) is 0 Å². The Kier molecular flexibility index (Phi) is 5.58. The third-order valence-corrected chi connectivity index (χ3v) is 1.57. The molecule has 0 aromatic rings. The normalized spacial score (nSPS) is 14.1. The molecule has 1 unspecified atom stereocenters. The molecular weight excluding hydrogens is 126 g/mol. The SMILES string of the molecule is CC(NCCC[NH])N(C)C. The fourth-order valence-corrected chi connectivity index (χ4v) is 0.582. The Hall–Kier alpha value is -0.120. The van der Waals surface area contributed by atoms with Crippen molar-refractivity contribution in [1.82, 2.24) is 16.0 Å². The molecule has 0 bridgehead atoms. The van der Waals surface area contributed by atoms with E-state index in [1.54, 1.807) is 0 Å². The Bertz CT molecular complexity index is 73.3. The molecule has 0 fully saturated rings. The van der Waals surface area contributed by atoms with Gasteiger partial charge >= 0.3 is 0 Å². The van der Waals surface area contributed by atoms with Gasteiger partial charge in [0.15, 0.2) is 0 Å². The predicted octanol–water partition coefficient (Wildman–Crippen LogP) is 0.157. The highest BCUT2D eigenvalue weighted by Crippen LogP contribution is 1.84. The van der Waals surface area contributed by atoms with E-state index >= 15 is 0 Å². The van der Waals surface area contributed by atoms with Gasteiger partial charge in [0.25, 0.3) is 0 Å². The highest BCUT2D eigenvalue weighted by Gasteiger charge is 2.00. The van der Waals surface area contributed by atoms with Crippen molar-refractivity contribution in [3.05, 3.63) is 0 Å². The van der Waals surface area contributed by atoms with Gasteiger partial charge in [0.1, 0.15) is 0 Å². The molecule has 0 saturated carbocycles. The van der Waals surface area contributed by atoms with Crippen LogP contribution in [0.2, 0.25) is 0 Å². The number of rotatable bonds is 5. The second kappa shape index (κ2) is 5.65. The van der Waals surface area contributed by atoms with Crippen molar-refractivity contribution in [1.29, 1.82) is 0 Å². The molecule has 1 atom stereocenters. The minimum atomic E-state index is 0.423. The zero-order valence-corrected chi connectivity index (χ0v) is 7.15. The van der Waals surface area contributed by atoms with Gasteiger partial charge in [0.2, 0.25) is 0 Å². The van der Waals surface area contributed by atoms with Crippen molar-refractivity contribution in [3.8, 4) is 0 Å². The monoisotopic (exact) mass is 144 g/mol. The van der Waals surface area contributed by atoms with Crippen LogP contribution in [0, 0.1) is 0 Å². The Labute approximate surface area is 63.6 Å². The summed E-state index contributed by atoms with van der Waals surface area (Å²) in [5, 5.41) is 3.29. The standard InChI is InChI=1S/C7H18N3/c1-7(10(2)3)9-6-4-5-8/h7-9H,4-6H2,1-3H3. The van der Waals surface area contributed by atoms with E-state index in [0.717, 1.165) is 13.0 Å². The fraction of sp³-hybridized carbons (Fsp3) is 1.00. The van der Waals surface area contributed by atoms with Gasteiger partial charge in [0, 0.05) is 6.54 Å². The molecule has 0 heterocycles. The summed E-state index contributed by atoms with van der Waals surface area (Å²) in [6.45, 7) is 3.58. The van der Waals surface area contributed by atoms with E-state index in [4.69, 9.17) is 5.73 Å². The molecule has 0 spiro atoms. The lowest BCUT2D eigenvalue weighted by Crippen LogP contribution is -2.39. The van der Waals surface area contributed by atoms with Gasteiger partial charge in [-0.25, -0.2) is 0 Å². The van der Waals surface area contributed by atoms with Crippen LogP contribution < -0.4 is 11.1 Å². The molecule has 3 nitrogen and oxygen atoms in total. The average Bonchev–Trinajstić information content (AvgIpc) is 1.88. The molecule has 0 saturated heterocycles. The highest BCUT2D eigenvalue weighted by molar-refractivity contribution is 4.56. The van der Waals surface area contributed by atoms with E-state index in [2.05, 4.69) is 17.1 Å². The lowest BCUT2D eigenvalue weighted by atomic mass is 10.4. The second-order valence-electron chi connectivity index (χ2n) is 2.70. The highest BCUT2D eigenvalue weighted by atomic mass is 15.2. The summed E-state index contributed by atoms with van der Waals surface area (Å²) in [7, 11) is 4.08. The van der Waals surface area contributed by atoms with E-state index < -0.39 is 0 Å². The van der Waals surface area contributed by atoms with Crippen molar-refractivity contribution in [2.45, 2.75) is 19.5 Å². The van der Waals surface area contributed by atoms with Crippen molar-refractivity contribution >= 4 is 0 Å². The molecule has 2 N–H and O–H groups in total. The summed E-state index contributed by atoms with van der Waals surface area (Å²) in [6.07, 6.45) is 1.37. The first-order chi connectivity index (χ1) is 4.68. The summed E-state index contributed by atoms with van der Waals surface area (Å²) < 4.78 is 0. The molecule has 0 aromatic heterocycles. The van der Waals surface area contributed by atoms with Crippen molar-refractivity contribution in [3.63, 3.8) is 0 Å². The first-order valence-corrected chi connectivity index (χ1v) is 3.73. The van der Waals surface area contributed by atoms with E-state index in [1.165, 1.54) is 0 Å². The second-order valence-corrected chi connectivity index (χ2v) is 2.70. The summed E-state index contributed by atoms with van der Waals surface area (Å²) in [5.74, 6) is 0. The third kappa shape index (κ3) is 4.73. The topological polar surface area (TPSA) is 39.1 Å². The molecule has 10 heavy (non-hydrogen) atoms. The van der Waals surface area contributed by atoms with Gasteiger partial charge in [-0.05, 0) is 34.0 Å². The van der Waals surface area contributed by atoms with Crippen LogP contribution in [0.5, 0.6) is 0 Å². The van der Waals surface area contributed by atoms with Crippen molar-refractivity contribution < 1.29 is 0 Å². The maximum atomic E-state index is 6.90. The van der Waals surface area contributed by atoms with Gasteiger partial charge in [0.05, 0.1) is 6.17 Å².